The maximum atomic E-state index is 12.5. The van der Waals surface area contributed by atoms with Crippen LogP contribution in [0.4, 0.5) is 5.82 Å². The molecule has 0 radical (unpaired) electrons. The van der Waals surface area contributed by atoms with Crippen LogP contribution in [0, 0.1) is 11.8 Å². The number of rotatable bonds is 6. The number of aromatic nitrogens is 1. The lowest BCUT2D eigenvalue weighted by Gasteiger charge is -2.10. The smallest absolute Gasteiger partial charge is 0.288 e. The van der Waals surface area contributed by atoms with Gasteiger partial charge < -0.3 is 16.8 Å². The number of ketones is 1. The molecule has 8 heteroatoms. The molecule has 1 unspecified atom stereocenters. The molecule has 1 aromatic carbocycles. The van der Waals surface area contributed by atoms with Crippen LogP contribution in [-0.2, 0) is 14.4 Å². The zero-order chi connectivity index (χ0) is 20.4. The summed E-state index contributed by atoms with van der Waals surface area (Å²) in [5, 5.41) is 2.35. The molecule has 2 rings (SSSR count). The highest BCUT2D eigenvalue weighted by Gasteiger charge is 2.24. The molecule has 0 spiro atoms. The number of hydrogen-bond acceptors (Lipinski definition) is 6. The largest absolute Gasteiger partial charge is 0.405 e. The average molecular weight is 375 g/mol. The molecule has 0 saturated carbocycles. The van der Waals surface area contributed by atoms with Gasteiger partial charge in [-0.25, -0.2) is 9.98 Å². The first kappa shape index (κ1) is 20.1. The zero-order valence-corrected chi connectivity index (χ0v) is 14.7. The van der Waals surface area contributed by atoms with E-state index in [1.54, 1.807) is 48.5 Å². The number of Topliss-reactive ketones (excluding diaryl/α,β-unsaturated/α-hetero) is 1. The number of nitrogens with two attached hydrogens (primary N) is 2. The summed E-state index contributed by atoms with van der Waals surface area (Å²) >= 11 is 0. The summed E-state index contributed by atoms with van der Waals surface area (Å²) in [6.07, 6.45) is 3.85. The SMILES string of the molecule is N/C=C\C(=N\c1ccccn1)C(=O)NC(C#Cc1ccccc1)C(=O)C(N)=O. The molecule has 0 aliphatic rings. The third-order valence-corrected chi connectivity index (χ3v) is 3.29. The third kappa shape index (κ3) is 5.93. The molecular formula is C20H17N5O3. The Kier molecular flexibility index (Phi) is 7.19. The lowest BCUT2D eigenvalue weighted by molar-refractivity contribution is -0.137. The molecule has 5 N–H and O–H groups in total. The highest BCUT2D eigenvalue weighted by atomic mass is 16.2. The quantitative estimate of drug-likeness (QED) is 0.376. The van der Waals surface area contributed by atoms with Gasteiger partial charge in [0, 0.05) is 11.8 Å². The van der Waals surface area contributed by atoms with E-state index in [9.17, 15) is 14.4 Å². The molecule has 1 heterocycles. The number of amides is 2. The van der Waals surface area contributed by atoms with Crippen molar-refractivity contribution in [2.45, 2.75) is 6.04 Å². The van der Waals surface area contributed by atoms with Gasteiger partial charge in [-0.1, -0.05) is 36.1 Å². The molecule has 1 atom stereocenters. The maximum absolute atomic E-state index is 12.5. The van der Waals surface area contributed by atoms with E-state index in [1.807, 2.05) is 0 Å². The number of aliphatic imine (C=N–C) groups is 1. The number of nitrogens with zero attached hydrogens (tertiary/aromatic N) is 2. The Balaban J connectivity index is 2.30. The summed E-state index contributed by atoms with van der Waals surface area (Å²) in [5.74, 6) is 2.49. The van der Waals surface area contributed by atoms with E-state index in [4.69, 9.17) is 11.5 Å². The van der Waals surface area contributed by atoms with E-state index in [0.717, 1.165) is 6.20 Å². The molecular weight excluding hydrogens is 358 g/mol. The van der Waals surface area contributed by atoms with Crippen LogP contribution in [0.2, 0.25) is 0 Å². The van der Waals surface area contributed by atoms with Crippen LogP contribution < -0.4 is 16.8 Å². The second-order valence-corrected chi connectivity index (χ2v) is 5.31. The molecule has 2 amide bonds. The number of pyridine rings is 1. The van der Waals surface area contributed by atoms with E-state index >= 15 is 0 Å². The van der Waals surface area contributed by atoms with Gasteiger partial charge >= 0.3 is 0 Å². The minimum Gasteiger partial charge on any atom is -0.405 e. The van der Waals surface area contributed by atoms with Gasteiger partial charge in [-0.05, 0) is 36.5 Å². The van der Waals surface area contributed by atoms with Gasteiger partial charge in [0.1, 0.15) is 5.71 Å². The maximum Gasteiger partial charge on any atom is 0.288 e. The van der Waals surface area contributed by atoms with Crippen molar-refractivity contribution in [2.75, 3.05) is 0 Å². The molecule has 28 heavy (non-hydrogen) atoms. The van der Waals surface area contributed by atoms with Crippen LogP contribution in [0.1, 0.15) is 5.56 Å². The van der Waals surface area contributed by atoms with E-state index in [0.29, 0.717) is 5.56 Å². The van der Waals surface area contributed by atoms with E-state index in [1.165, 1.54) is 12.3 Å². The Labute approximate surface area is 161 Å². The lowest BCUT2D eigenvalue weighted by atomic mass is 10.1. The topological polar surface area (TPSA) is 141 Å². The minimum absolute atomic E-state index is 0.120. The highest BCUT2D eigenvalue weighted by Crippen LogP contribution is 2.06. The van der Waals surface area contributed by atoms with E-state index in [-0.39, 0.29) is 11.5 Å². The van der Waals surface area contributed by atoms with Gasteiger partial charge in [-0.2, -0.15) is 0 Å². The van der Waals surface area contributed by atoms with Gasteiger partial charge in [0.05, 0.1) is 0 Å². The fourth-order valence-electron chi connectivity index (χ4n) is 1.99. The van der Waals surface area contributed by atoms with Crippen LogP contribution >= 0.6 is 0 Å². The van der Waals surface area contributed by atoms with Crippen LogP contribution in [0.5, 0.6) is 0 Å². The number of carbonyl (C=O) groups is 3. The first-order valence-corrected chi connectivity index (χ1v) is 8.10. The minimum atomic E-state index is -1.44. The molecule has 140 valence electrons. The Bertz CT molecular complexity index is 973. The van der Waals surface area contributed by atoms with Gasteiger partial charge in [-0.15, -0.1) is 0 Å². The fourth-order valence-corrected chi connectivity index (χ4v) is 1.99. The monoisotopic (exact) mass is 375 g/mol. The van der Waals surface area contributed by atoms with Crippen molar-refractivity contribution in [3.8, 4) is 11.8 Å². The summed E-state index contributed by atoms with van der Waals surface area (Å²) in [6.45, 7) is 0. The molecule has 0 saturated heterocycles. The number of primary amides is 1. The fraction of sp³-hybridized carbons (Fsp3) is 0.0500. The van der Waals surface area contributed by atoms with Gasteiger partial charge in [-0.3, -0.25) is 14.4 Å². The average Bonchev–Trinajstić information content (AvgIpc) is 2.71. The first-order chi connectivity index (χ1) is 13.5. The Hall–Kier alpha value is -4.25. The molecule has 0 aliphatic heterocycles. The van der Waals surface area contributed by atoms with Crippen molar-refractivity contribution in [1.82, 2.24) is 10.3 Å². The Morgan fingerprint density at radius 3 is 2.43 bits per heavy atom. The summed E-state index contributed by atoms with van der Waals surface area (Å²) < 4.78 is 0. The standard InChI is InChI=1S/C20H17N5O3/c21-12-11-16(24-17-8-4-5-13-23-17)20(28)25-15(18(26)19(22)27)10-9-14-6-2-1-3-7-14/h1-8,11-13,15H,21H2,(H2,22,27)(H,25,28)/b12-11-,24-16-. The normalized spacial score (nSPS) is 11.9. The number of benzene rings is 1. The molecule has 1 aromatic heterocycles. The van der Waals surface area contributed by atoms with Crippen molar-refractivity contribution in [3.05, 3.63) is 72.6 Å². The first-order valence-electron chi connectivity index (χ1n) is 8.10. The number of hydrogen-bond donors (Lipinski definition) is 3. The second kappa shape index (κ2) is 10.0. The number of carbonyl (C=O) groups excluding carboxylic acids is 3. The molecule has 0 fully saturated rings. The van der Waals surface area contributed by atoms with Crippen LogP contribution in [-0.4, -0.2) is 34.3 Å². The predicted molar refractivity (Wildman–Crippen MR) is 104 cm³/mol. The van der Waals surface area contributed by atoms with Crippen molar-refractivity contribution in [1.29, 1.82) is 0 Å². The Morgan fingerprint density at radius 2 is 1.82 bits per heavy atom. The van der Waals surface area contributed by atoms with Crippen molar-refractivity contribution >= 4 is 29.1 Å². The summed E-state index contributed by atoms with van der Waals surface area (Å²) in [5.41, 5.74) is 10.9. The highest BCUT2D eigenvalue weighted by molar-refractivity contribution is 6.45. The van der Waals surface area contributed by atoms with Crippen molar-refractivity contribution in [3.63, 3.8) is 0 Å². The van der Waals surface area contributed by atoms with Crippen LogP contribution in [0.15, 0.2) is 72.0 Å². The van der Waals surface area contributed by atoms with E-state index < -0.39 is 23.6 Å². The van der Waals surface area contributed by atoms with Crippen LogP contribution in [0.3, 0.4) is 0 Å². The molecule has 0 aliphatic carbocycles. The summed E-state index contributed by atoms with van der Waals surface area (Å²) in [7, 11) is 0. The van der Waals surface area contributed by atoms with Crippen LogP contribution in [0.25, 0.3) is 0 Å². The third-order valence-electron chi connectivity index (χ3n) is 3.29. The molecule has 0 bridgehead atoms. The van der Waals surface area contributed by atoms with Gasteiger partial charge in [0.15, 0.2) is 11.9 Å². The Morgan fingerprint density at radius 1 is 1.11 bits per heavy atom. The van der Waals surface area contributed by atoms with Crippen molar-refractivity contribution in [2.24, 2.45) is 16.5 Å². The van der Waals surface area contributed by atoms with Gasteiger partial charge in [0.2, 0.25) is 0 Å². The predicted octanol–water partition coefficient (Wildman–Crippen LogP) is 0.217. The van der Waals surface area contributed by atoms with Gasteiger partial charge in [0.25, 0.3) is 17.6 Å². The lowest BCUT2D eigenvalue weighted by Crippen LogP contribution is -2.47. The number of nitrogens with one attached hydrogen (secondary N) is 1. The second-order valence-electron chi connectivity index (χ2n) is 5.31. The zero-order valence-electron chi connectivity index (χ0n) is 14.7. The summed E-state index contributed by atoms with van der Waals surface area (Å²) in [6, 6.07) is 12.3. The molecule has 8 nitrogen and oxygen atoms in total. The summed E-state index contributed by atoms with van der Waals surface area (Å²) in [4.78, 5) is 44.0. The van der Waals surface area contributed by atoms with Crippen molar-refractivity contribution < 1.29 is 14.4 Å². The molecule has 2 aromatic rings. The van der Waals surface area contributed by atoms with E-state index in [2.05, 4.69) is 27.1 Å².